The monoisotopic (exact) mass is 1890 g/mol. The summed E-state index contributed by atoms with van der Waals surface area (Å²) < 4.78 is 168. The molecule has 2 unspecified atom stereocenters. The Bertz CT molecular complexity index is 3270. The van der Waals surface area contributed by atoms with Crippen molar-refractivity contribution in [3.63, 3.8) is 0 Å². The lowest BCUT2D eigenvalue weighted by Crippen LogP contribution is -2.53. The van der Waals surface area contributed by atoms with E-state index < -0.39 is 66.2 Å². The molecular weight excluding hydrogens is 1710 g/mol. The summed E-state index contributed by atoms with van der Waals surface area (Å²) >= 11 is 0. The van der Waals surface area contributed by atoms with E-state index in [0.717, 1.165) is 161 Å². The average Bonchev–Trinajstić information content (AvgIpc) is 1.57. The fraction of sp³-hybridized carbons (Fsp3) is 0.979. The van der Waals surface area contributed by atoms with Crippen LogP contribution in [0.2, 0.25) is 0 Å². The number of hydrogen-bond donors (Lipinski definition) is 6. The van der Waals surface area contributed by atoms with Gasteiger partial charge in [0.2, 0.25) is 29.9 Å². The summed E-state index contributed by atoms with van der Waals surface area (Å²) in [5, 5.41) is 45.6. The van der Waals surface area contributed by atoms with Crippen molar-refractivity contribution in [3.8, 4) is 0 Å². The van der Waals surface area contributed by atoms with Crippen LogP contribution in [0.1, 0.15) is 348 Å². The molecule has 0 radical (unpaired) electrons. The van der Waals surface area contributed by atoms with Crippen LogP contribution in [-0.4, -0.2) is 264 Å². The maximum absolute atomic E-state index is 11.5. The van der Waals surface area contributed by atoms with Gasteiger partial charge in [0.25, 0.3) is 0 Å². The molecule has 0 spiro atoms. The number of halogens is 2. The Kier molecular flexibility index (Phi) is 59.7. The maximum atomic E-state index is 11.5. The number of hydrogen-bond acceptors (Lipinski definition) is 22. The Morgan fingerprint density at radius 3 is 1.05 bits per heavy atom. The van der Waals surface area contributed by atoms with E-state index >= 15 is 0 Å². The van der Waals surface area contributed by atoms with E-state index in [1.165, 1.54) is 84.5 Å². The molecule has 13 rings (SSSR count). The number of nitrogens with one attached hydrogen (secondary N) is 1. The lowest BCUT2D eigenvalue weighted by Gasteiger charge is -2.40. The molecule has 31 heteroatoms. The number of sulfonamides is 2. The fourth-order valence-electron chi connectivity index (χ4n) is 13.6. The van der Waals surface area contributed by atoms with Gasteiger partial charge < -0.3 is 54.0 Å². The van der Waals surface area contributed by atoms with Gasteiger partial charge in [0, 0.05) is 50.8 Å². The molecule has 750 valence electrons. The molecule has 7 aliphatic carbocycles. The van der Waals surface area contributed by atoms with Crippen LogP contribution in [0.15, 0.2) is 11.6 Å². The fourth-order valence-corrected chi connectivity index (χ4v) is 19.4. The molecule has 0 aromatic heterocycles. The van der Waals surface area contributed by atoms with Crippen LogP contribution in [-0.2, 0) is 78.0 Å². The van der Waals surface area contributed by atoms with E-state index in [2.05, 4.69) is 113 Å². The van der Waals surface area contributed by atoms with E-state index in [1.54, 1.807) is 65.3 Å². The van der Waals surface area contributed by atoms with Gasteiger partial charge in [0.05, 0.1) is 125 Å². The Hall–Kier alpha value is -1.21. The molecule has 6 heterocycles. The zero-order valence-corrected chi connectivity index (χ0v) is 87.7. The Morgan fingerprint density at radius 1 is 0.432 bits per heavy atom. The Morgan fingerprint density at radius 2 is 0.864 bits per heavy atom. The third-order valence-corrected chi connectivity index (χ3v) is 36.9. The summed E-state index contributed by atoms with van der Waals surface area (Å²) in [6.45, 7) is 65.6. The number of alkyl halides is 2. The van der Waals surface area contributed by atoms with E-state index in [9.17, 15) is 76.4 Å². The highest BCUT2D eigenvalue weighted by atomic mass is 32.2. The zero-order valence-electron chi connectivity index (χ0n) is 83.6. The van der Waals surface area contributed by atoms with Crippen molar-refractivity contribution in [2.24, 2.45) is 53.3 Å². The summed E-state index contributed by atoms with van der Waals surface area (Å²) in [7, 11) is -15.7. The largest absolute Gasteiger partial charge is 0.393 e. The van der Waals surface area contributed by atoms with Gasteiger partial charge >= 0.3 is 5.76 Å². The lowest BCUT2D eigenvalue weighted by atomic mass is 9.73. The molecule has 6 saturated carbocycles. The number of aliphatic hydroxyl groups excluding tert-OH is 1. The number of allylic oxidation sites excluding steroid dienone is 2. The molecule has 6 aliphatic heterocycles. The van der Waals surface area contributed by atoms with Gasteiger partial charge in [-0.1, -0.05) is 141 Å². The van der Waals surface area contributed by atoms with Crippen LogP contribution in [0.5, 0.6) is 0 Å². The second-order valence-corrected chi connectivity index (χ2v) is 53.5. The topological polar surface area (TPSA) is 346 Å². The van der Waals surface area contributed by atoms with Gasteiger partial charge in [0.15, 0.2) is 19.7 Å². The van der Waals surface area contributed by atoms with E-state index in [1.807, 2.05) is 27.7 Å². The van der Waals surface area contributed by atoms with Crippen molar-refractivity contribution < 1.29 is 105 Å². The van der Waals surface area contributed by atoms with E-state index in [4.69, 9.17) is 28.4 Å². The molecule has 0 amide bonds. The normalized spacial score (nSPS) is 22.4. The maximum Gasteiger partial charge on any atom is 0.336 e. The summed E-state index contributed by atoms with van der Waals surface area (Å²) in [5.41, 5.74) is 0.267. The average molecular weight is 1900 g/mol. The Balaban J connectivity index is 0.00000133. The van der Waals surface area contributed by atoms with Crippen molar-refractivity contribution in [2.45, 2.75) is 443 Å². The van der Waals surface area contributed by atoms with Gasteiger partial charge in [-0.25, -0.2) is 51.1 Å². The highest BCUT2D eigenvalue weighted by Gasteiger charge is 2.41. The van der Waals surface area contributed by atoms with Crippen LogP contribution < -0.4 is 4.72 Å². The molecule has 12 fully saturated rings. The first-order valence-electron chi connectivity index (χ1n) is 48.1. The van der Waals surface area contributed by atoms with E-state index in [0.29, 0.717) is 86.6 Å². The summed E-state index contributed by atoms with van der Waals surface area (Å²) in [4.78, 5) is 2.43. The molecule has 0 aromatic rings. The highest BCUT2D eigenvalue weighted by molar-refractivity contribution is 7.93. The molecule has 0 bridgehead atoms. The minimum atomic E-state index is -4.15. The minimum Gasteiger partial charge on any atom is -0.393 e. The molecule has 13 aliphatic rings. The first-order valence-corrected chi connectivity index (χ1v) is 56.0. The van der Waals surface area contributed by atoms with Crippen LogP contribution in [0.3, 0.4) is 0 Å². The molecule has 125 heavy (non-hydrogen) atoms. The molecule has 6 saturated heterocycles. The van der Waals surface area contributed by atoms with Crippen LogP contribution in [0, 0.1) is 53.3 Å². The van der Waals surface area contributed by atoms with Gasteiger partial charge in [-0.15, -0.1) is 0 Å². The Labute approximate surface area is 763 Å². The van der Waals surface area contributed by atoms with Gasteiger partial charge in [-0.3, -0.25) is 4.90 Å². The van der Waals surface area contributed by atoms with Crippen molar-refractivity contribution in [3.05, 3.63) is 11.6 Å². The number of morpholine rings is 1. The third-order valence-electron chi connectivity index (χ3n) is 25.6. The summed E-state index contributed by atoms with van der Waals surface area (Å²) in [5.74, 6) is 2.03. The minimum absolute atomic E-state index is 0.0116. The van der Waals surface area contributed by atoms with Crippen molar-refractivity contribution in [1.29, 1.82) is 0 Å². The van der Waals surface area contributed by atoms with E-state index in [-0.39, 0.29) is 60.4 Å². The highest BCUT2D eigenvalue weighted by Crippen LogP contribution is 2.39. The third kappa shape index (κ3) is 49.2. The summed E-state index contributed by atoms with van der Waals surface area (Å²) in [6.07, 6.45) is 29.7. The number of sulfone groups is 3. The molecule has 6 N–H and O–H groups in total. The second kappa shape index (κ2) is 60.3. The number of nitrogens with zero attached hydrogens (tertiary/aromatic N) is 2. The number of ether oxygens (including phenoxy) is 6. The SMILES string of the molecule is CC(C)C(O)C1CC1.CC(C)C1(O)CCC1.CC(C)C1(O)CCCC1.CC(C)C1(O)CCCCC1.CC(C)C1(O)COC1.CC(C)C1=CCCC1.CC(C)C1COC1.CC(C)N1CCOCC1.CC(C)OC1COC1.CC(C)S(=O)(=O)C(F)F.CC(C)S(=O)(=O)C1CC1.CC(C)S(=O)(=O)C1CCOC1.CC(C)S(=O)(=O)N1CCCC1.CC(C)S(=O)(=O)NC1CC1. The molecular formula is C94H189F2N3O21S5. The van der Waals surface area contributed by atoms with Crippen molar-refractivity contribution in [1.82, 2.24) is 13.9 Å². The van der Waals surface area contributed by atoms with Gasteiger partial charge in [0.1, 0.15) is 11.7 Å². The first kappa shape index (κ1) is 124. The molecule has 2 atom stereocenters. The van der Waals surface area contributed by atoms with Crippen molar-refractivity contribution in [2.75, 3.05) is 92.2 Å². The lowest BCUT2D eigenvalue weighted by molar-refractivity contribution is -0.200. The summed E-state index contributed by atoms with van der Waals surface area (Å²) in [6, 6.07) is 0.932. The first-order chi connectivity index (χ1) is 57.6. The van der Waals surface area contributed by atoms with Crippen LogP contribution in [0.25, 0.3) is 0 Å². The van der Waals surface area contributed by atoms with Gasteiger partial charge in [-0.2, -0.15) is 8.78 Å². The van der Waals surface area contributed by atoms with Gasteiger partial charge in [-0.05, 0) is 266 Å². The standard InChI is InChI=1S/C9H18O.C8H16O.C8H14.C7H15NO2S.C7H15NO.C7H14O3S.2C7H14O.C6H13NO2S.C6H12O2S.2C6H12O2.C6H12O.C4H8F2O2S/c1-8(2)9(10)6-4-3-5-7-9;1-7(2)8(9)5-3-4-6-8;1-7(2)8-5-3-4-6-8;1-7(2)11(9,10)8-5-3-4-6-8;1-7(2)8-3-5-9-6-4-8;1-6(2)11(8,9)7-3-4-10-5-7;1-6(2)7(8)4-3-5-7;1-5(2)7(8)6-3-4-6;1-5(2)10(8,9)7-6-3-4-6;1-5(2)9(7,8)6-3-4-6;1-5(2)8-6-3-7-4-6;1-5(2)6(7)3-8-4-6;1-5(2)6-3-7-4-6;1-3(2)9(7,8)4(5)6/h8,10H,3-7H2,1-2H3;7,9H,3-6H2,1-2H3;5,7H,3-4,6H2,1-2H3;7H,3-6H2,1-2H3;7H,3-6H2,1-2H3;6-7H,3-5H2,1-2H3;6,8H,3-5H2,1-2H3;5-8H,3-4H2,1-2H3;5-7H,3-4H2,1-2H3;5-6H,3-4H2,1-2H3;5-6H,3-4H2,1-2H3;5,7H,3-4H2,1-2H3;5-6H,3-4H2,1-2H3;3-4H,1-2H3. The quantitative estimate of drug-likeness (QED) is 0.0548. The van der Waals surface area contributed by atoms with Crippen LogP contribution >= 0.6 is 0 Å². The number of rotatable bonds is 22. The smallest absolute Gasteiger partial charge is 0.336 e. The molecule has 0 aromatic carbocycles. The predicted octanol–water partition coefficient (Wildman–Crippen LogP) is 17.1. The number of aliphatic hydroxyl groups is 5. The molecule has 24 nitrogen and oxygen atoms in total. The van der Waals surface area contributed by atoms with Crippen LogP contribution in [0.4, 0.5) is 8.78 Å². The van der Waals surface area contributed by atoms with Crippen molar-refractivity contribution >= 4 is 49.6 Å². The predicted molar refractivity (Wildman–Crippen MR) is 509 cm³/mol. The second-order valence-electron chi connectivity index (χ2n) is 40.7. The zero-order chi connectivity index (χ0) is 96.5.